The molecule has 0 aromatic carbocycles. The smallest absolute Gasteiger partial charge is 0.148 e. The van der Waals surface area contributed by atoms with Gasteiger partial charge in [0.15, 0.2) is 0 Å². The topological polar surface area (TPSA) is 49.6 Å². The van der Waals surface area contributed by atoms with E-state index in [9.17, 15) is 0 Å². The molecular weight excluding hydrogens is 174 g/mol. The van der Waals surface area contributed by atoms with Crippen LogP contribution in [0.1, 0.15) is 37.7 Å². The molecule has 0 saturated heterocycles. The molecule has 0 amide bonds. The van der Waals surface area contributed by atoms with E-state index in [0.717, 1.165) is 37.2 Å². The van der Waals surface area contributed by atoms with Gasteiger partial charge < -0.3 is 0 Å². The summed E-state index contributed by atoms with van der Waals surface area (Å²) in [5.74, 6) is 0.727. The Morgan fingerprint density at radius 2 is 2.36 bits per heavy atom. The van der Waals surface area contributed by atoms with Gasteiger partial charge >= 0.3 is 0 Å². The summed E-state index contributed by atoms with van der Waals surface area (Å²) in [6.45, 7) is 2.06. The second-order valence-corrected chi connectivity index (χ2v) is 3.77. The van der Waals surface area contributed by atoms with Crippen LogP contribution in [0.25, 0.3) is 0 Å². The van der Waals surface area contributed by atoms with E-state index in [1.54, 1.807) is 6.20 Å². The first-order valence-corrected chi connectivity index (χ1v) is 5.04. The molecule has 1 heterocycles. The van der Waals surface area contributed by atoms with Gasteiger partial charge in [-0.2, -0.15) is 5.26 Å². The normalized spacial score (nSPS) is 18.3. The van der Waals surface area contributed by atoms with E-state index in [4.69, 9.17) is 5.26 Å². The van der Waals surface area contributed by atoms with Crippen molar-refractivity contribution in [2.75, 3.05) is 0 Å². The van der Waals surface area contributed by atoms with Gasteiger partial charge in [-0.3, -0.25) is 0 Å². The van der Waals surface area contributed by atoms with Gasteiger partial charge in [-0.1, -0.05) is 6.92 Å². The average Bonchev–Trinajstić information content (AvgIpc) is 2.18. The summed E-state index contributed by atoms with van der Waals surface area (Å²) in [5.41, 5.74) is 0.655. The van der Waals surface area contributed by atoms with Crippen LogP contribution in [0.4, 0.5) is 0 Å². The molecule has 72 valence electrons. The first kappa shape index (κ1) is 9.14. The third kappa shape index (κ3) is 1.27. The Bertz CT molecular complexity index is 374. The number of hydrogen-bond donors (Lipinski definition) is 0. The molecule has 0 N–H and O–H groups in total. The Balaban J connectivity index is 2.36. The van der Waals surface area contributed by atoms with Crippen LogP contribution in [0.2, 0.25) is 0 Å². The Kier molecular flexibility index (Phi) is 2.20. The Morgan fingerprint density at radius 1 is 1.57 bits per heavy atom. The van der Waals surface area contributed by atoms with Crippen molar-refractivity contribution in [2.24, 2.45) is 0 Å². The van der Waals surface area contributed by atoms with Crippen LogP contribution in [0.15, 0.2) is 12.3 Å². The highest BCUT2D eigenvalue weighted by Gasteiger charge is 2.41. The zero-order valence-electron chi connectivity index (χ0n) is 8.32. The van der Waals surface area contributed by atoms with E-state index in [0.29, 0.717) is 0 Å². The summed E-state index contributed by atoms with van der Waals surface area (Å²) in [4.78, 5) is 8.64. The highest BCUT2D eigenvalue weighted by atomic mass is 14.9. The van der Waals surface area contributed by atoms with Crippen molar-refractivity contribution in [1.82, 2.24) is 9.97 Å². The maximum Gasteiger partial charge on any atom is 0.148 e. The lowest BCUT2D eigenvalue weighted by atomic mass is 9.69. The molecule has 0 spiro atoms. The Labute approximate surface area is 83.8 Å². The van der Waals surface area contributed by atoms with Crippen molar-refractivity contribution >= 4 is 0 Å². The second-order valence-electron chi connectivity index (χ2n) is 3.77. The van der Waals surface area contributed by atoms with Crippen molar-refractivity contribution < 1.29 is 0 Å². The molecular formula is C11H13N3. The summed E-state index contributed by atoms with van der Waals surface area (Å²) >= 11 is 0. The molecule has 0 radical (unpaired) electrons. The Morgan fingerprint density at radius 3 is 2.86 bits per heavy atom. The highest BCUT2D eigenvalue weighted by molar-refractivity contribution is 5.25. The number of nitrogens with zero attached hydrogens (tertiary/aromatic N) is 3. The van der Waals surface area contributed by atoms with Gasteiger partial charge in [0.2, 0.25) is 0 Å². The molecule has 0 bridgehead atoms. The number of hydrogen-bond acceptors (Lipinski definition) is 3. The minimum atomic E-state index is -0.370. The standard InChI is InChI=1S/C11H13N3/c1-2-9-4-7-13-10(14-9)11(8-12)5-3-6-11/h4,7H,2-3,5-6H2,1H3. The fourth-order valence-corrected chi connectivity index (χ4v) is 1.74. The molecule has 1 aromatic rings. The third-order valence-corrected chi connectivity index (χ3v) is 2.92. The molecule has 0 aliphatic heterocycles. The van der Waals surface area contributed by atoms with Crippen molar-refractivity contribution in [3.05, 3.63) is 23.8 Å². The summed E-state index contributed by atoms with van der Waals surface area (Å²) in [6.07, 6.45) is 5.61. The summed E-state index contributed by atoms with van der Waals surface area (Å²) < 4.78 is 0. The van der Waals surface area contributed by atoms with Crippen LogP contribution in [0.5, 0.6) is 0 Å². The van der Waals surface area contributed by atoms with Gasteiger partial charge in [0.25, 0.3) is 0 Å². The number of aryl methyl sites for hydroxylation is 1. The molecule has 1 aliphatic rings. The maximum atomic E-state index is 9.12. The zero-order valence-corrected chi connectivity index (χ0v) is 8.32. The van der Waals surface area contributed by atoms with E-state index < -0.39 is 0 Å². The first-order valence-electron chi connectivity index (χ1n) is 5.04. The molecule has 0 atom stereocenters. The minimum Gasteiger partial charge on any atom is -0.240 e. The largest absolute Gasteiger partial charge is 0.240 e. The van der Waals surface area contributed by atoms with Crippen molar-refractivity contribution in [2.45, 2.75) is 38.0 Å². The minimum absolute atomic E-state index is 0.370. The van der Waals surface area contributed by atoms with Gasteiger partial charge in [-0.15, -0.1) is 0 Å². The number of nitriles is 1. The van der Waals surface area contributed by atoms with Crippen LogP contribution in [-0.2, 0) is 11.8 Å². The van der Waals surface area contributed by atoms with Gasteiger partial charge in [0.05, 0.1) is 6.07 Å². The first-order chi connectivity index (χ1) is 6.80. The quantitative estimate of drug-likeness (QED) is 0.711. The van der Waals surface area contributed by atoms with E-state index in [1.165, 1.54) is 0 Å². The highest BCUT2D eigenvalue weighted by Crippen LogP contribution is 2.41. The predicted molar refractivity (Wildman–Crippen MR) is 52.6 cm³/mol. The van der Waals surface area contributed by atoms with Crippen LogP contribution in [0, 0.1) is 11.3 Å². The fourth-order valence-electron chi connectivity index (χ4n) is 1.74. The molecule has 1 aliphatic carbocycles. The van der Waals surface area contributed by atoms with Gasteiger partial charge in [-0.05, 0) is 31.7 Å². The lowest BCUT2D eigenvalue weighted by molar-refractivity contribution is 0.306. The SMILES string of the molecule is CCc1ccnc(C2(C#N)CCC2)n1. The zero-order chi connectivity index (χ0) is 10.0. The van der Waals surface area contributed by atoms with Crippen molar-refractivity contribution in [3.63, 3.8) is 0 Å². The predicted octanol–water partition coefficient (Wildman–Crippen LogP) is 1.98. The molecule has 3 heteroatoms. The number of rotatable bonds is 2. The molecule has 1 saturated carbocycles. The van der Waals surface area contributed by atoms with Crippen LogP contribution < -0.4 is 0 Å². The summed E-state index contributed by atoms with van der Waals surface area (Å²) in [6, 6.07) is 4.27. The molecule has 3 nitrogen and oxygen atoms in total. The van der Waals surface area contributed by atoms with Crippen molar-refractivity contribution in [3.8, 4) is 6.07 Å². The van der Waals surface area contributed by atoms with Gasteiger partial charge in [0, 0.05) is 11.9 Å². The summed E-state index contributed by atoms with van der Waals surface area (Å²) in [5, 5.41) is 9.12. The number of aromatic nitrogens is 2. The lowest BCUT2D eigenvalue weighted by Crippen LogP contribution is -2.34. The van der Waals surface area contributed by atoms with Crippen molar-refractivity contribution in [1.29, 1.82) is 5.26 Å². The Hall–Kier alpha value is -1.43. The fraction of sp³-hybridized carbons (Fsp3) is 0.545. The molecule has 1 fully saturated rings. The van der Waals surface area contributed by atoms with Crippen LogP contribution in [-0.4, -0.2) is 9.97 Å². The summed E-state index contributed by atoms with van der Waals surface area (Å²) in [7, 11) is 0. The van der Waals surface area contributed by atoms with E-state index >= 15 is 0 Å². The van der Waals surface area contributed by atoms with E-state index in [-0.39, 0.29) is 5.41 Å². The van der Waals surface area contributed by atoms with Crippen LogP contribution in [0.3, 0.4) is 0 Å². The second kappa shape index (κ2) is 3.38. The average molecular weight is 187 g/mol. The molecule has 2 rings (SSSR count). The third-order valence-electron chi connectivity index (χ3n) is 2.92. The monoisotopic (exact) mass is 187 g/mol. The van der Waals surface area contributed by atoms with Crippen LogP contribution >= 0.6 is 0 Å². The van der Waals surface area contributed by atoms with Gasteiger partial charge in [-0.25, -0.2) is 9.97 Å². The molecule has 1 aromatic heterocycles. The van der Waals surface area contributed by atoms with E-state index in [2.05, 4.69) is 23.0 Å². The molecule has 14 heavy (non-hydrogen) atoms. The molecule has 0 unspecified atom stereocenters. The lowest BCUT2D eigenvalue weighted by Gasteiger charge is -2.33. The van der Waals surface area contributed by atoms with Gasteiger partial charge in [0.1, 0.15) is 11.2 Å². The maximum absolute atomic E-state index is 9.12. The van der Waals surface area contributed by atoms with E-state index in [1.807, 2.05) is 6.07 Å².